The van der Waals surface area contributed by atoms with Crippen molar-refractivity contribution >= 4 is 27.7 Å². The molecule has 0 amide bonds. The molecule has 9 heteroatoms. The van der Waals surface area contributed by atoms with E-state index < -0.39 is 0 Å². The van der Waals surface area contributed by atoms with Gasteiger partial charge < -0.3 is 13.3 Å². The Morgan fingerprint density at radius 1 is 0.917 bits per heavy atom. The lowest BCUT2D eigenvalue weighted by molar-refractivity contribution is 0.463. The molecule has 0 saturated carbocycles. The molecule has 0 saturated heterocycles. The molecular weight excluding hydrogens is 396 g/mol. The van der Waals surface area contributed by atoms with Gasteiger partial charge in [0.1, 0.15) is 0 Å². The average molecular weight is 405 g/mol. The van der Waals surface area contributed by atoms with Crippen LogP contribution in [-0.2, 0) is 5.75 Å². The minimum absolute atomic E-state index is 0.343. The molecule has 0 aliphatic heterocycles. The van der Waals surface area contributed by atoms with Crippen LogP contribution in [0.25, 0.3) is 23.1 Å². The summed E-state index contributed by atoms with van der Waals surface area (Å²) in [5, 5.41) is 16.4. The van der Waals surface area contributed by atoms with Crippen LogP contribution in [0.4, 0.5) is 0 Å². The van der Waals surface area contributed by atoms with Gasteiger partial charge in [-0.3, -0.25) is 0 Å². The van der Waals surface area contributed by atoms with E-state index in [0.29, 0.717) is 34.4 Å². The van der Waals surface area contributed by atoms with Gasteiger partial charge in [0.25, 0.3) is 11.1 Å². The highest BCUT2D eigenvalue weighted by Gasteiger charge is 2.14. The maximum absolute atomic E-state index is 5.65. The zero-order valence-electron chi connectivity index (χ0n) is 12.0. The Morgan fingerprint density at radius 2 is 1.79 bits per heavy atom. The molecule has 0 aliphatic rings. The predicted molar refractivity (Wildman–Crippen MR) is 89.0 cm³/mol. The van der Waals surface area contributed by atoms with E-state index in [9.17, 15) is 0 Å². The van der Waals surface area contributed by atoms with Gasteiger partial charge >= 0.3 is 0 Å². The SMILES string of the molecule is Brc1ccccc1-c1nnc(SCc2nnc(-c3ccco3)o2)o1. The van der Waals surface area contributed by atoms with Crippen molar-refractivity contribution < 1.29 is 13.3 Å². The molecule has 3 heterocycles. The second-order valence-electron chi connectivity index (χ2n) is 4.62. The summed E-state index contributed by atoms with van der Waals surface area (Å²) in [5.74, 6) is 2.20. The molecule has 0 fully saturated rings. The van der Waals surface area contributed by atoms with E-state index in [0.717, 1.165) is 10.0 Å². The van der Waals surface area contributed by atoms with Gasteiger partial charge in [-0.15, -0.1) is 20.4 Å². The van der Waals surface area contributed by atoms with Crippen molar-refractivity contribution in [1.29, 1.82) is 0 Å². The molecule has 4 aromatic rings. The molecule has 7 nitrogen and oxygen atoms in total. The number of aromatic nitrogens is 4. The van der Waals surface area contributed by atoms with E-state index in [1.54, 1.807) is 18.4 Å². The van der Waals surface area contributed by atoms with E-state index in [4.69, 9.17) is 13.3 Å². The van der Waals surface area contributed by atoms with Crippen molar-refractivity contribution in [1.82, 2.24) is 20.4 Å². The Morgan fingerprint density at radius 3 is 2.62 bits per heavy atom. The van der Waals surface area contributed by atoms with Crippen LogP contribution in [0.2, 0.25) is 0 Å². The lowest BCUT2D eigenvalue weighted by atomic mass is 10.2. The molecule has 0 unspecified atom stereocenters. The third-order valence-electron chi connectivity index (χ3n) is 3.03. The van der Waals surface area contributed by atoms with Gasteiger partial charge in [0.05, 0.1) is 17.6 Å². The lowest BCUT2D eigenvalue weighted by Crippen LogP contribution is -1.80. The Bertz CT molecular complexity index is 951. The fraction of sp³-hybridized carbons (Fsp3) is 0.0667. The smallest absolute Gasteiger partial charge is 0.283 e. The lowest BCUT2D eigenvalue weighted by Gasteiger charge is -1.96. The maximum atomic E-state index is 5.65. The van der Waals surface area contributed by atoms with Crippen LogP contribution in [0.3, 0.4) is 0 Å². The first-order valence-electron chi connectivity index (χ1n) is 6.87. The van der Waals surface area contributed by atoms with Gasteiger partial charge in [0, 0.05) is 4.47 Å². The van der Waals surface area contributed by atoms with Crippen LogP contribution in [0, 0.1) is 0 Å². The largest absolute Gasteiger partial charge is 0.459 e. The van der Waals surface area contributed by atoms with Crippen molar-refractivity contribution in [2.45, 2.75) is 11.0 Å². The molecule has 24 heavy (non-hydrogen) atoms. The van der Waals surface area contributed by atoms with Crippen LogP contribution in [0.15, 0.2) is 65.6 Å². The molecule has 0 aliphatic carbocycles. The molecule has 0 bridgehead atoms. The first-order valence-corrected chi connectivity index (χ1v) is 8.65. The van der Waals surface area contributed by atoms with Crippen molar-refractivity contribution in [3.05, 3.63) is 53.0 Å². The van der Waals surface area contributed by atoms with Crippen LogP contribution in [-0.4, -0.2) is 20.4 Å². The first-order chi connectivity index (χ1) is 11.8. The van der Waals surface area contributed by atoms with Crippen LogP contribution < -0.4 is 0 Å². The van der Waals surface area contributed by atoms with Gasteiger partial charge in [-0.1, -0.05) is 23.9 Å². The topological polar surface area (TPSA) is 91.0 Å². The summed E-state index contributed by atoms with van der Waals surface area (Å²) in [6.45, 7) is 0. The molecular formula is C15H9BrN4O3S. The summed E-state index contributed by atoms with van der Waals surface area (Å²) in [6, 6.07) is 11.2. The molecule has 120 valence electrons. The maximum Gasteiger partial charge on any atom is 0.283 e. The third-order valence-corrected chi connectivity index (χ3v) is 4.52. The molecule has 1 aromatic carbocycles. The second kappa shape index (κ2) is 6.62. The number of furan rings is 1. The van der Waals surface area contributed by atoms with Crippen LogP contribution in [0.1, 0.15) is 5.89 Å². The van der Waals surface area contributed by atoms with E-state index in [1.807, 2.05) is 24.3 Å². The number of nitrogens with zero attached hydrogens (tertiary/aromatic N) is 4. The molecule has 0 radical (unpaired) electrons. The third kappa shape index (κ3) is 3.13. The second-order valence-corrected chi connectivity index (χ2v) is 6.40. The predicted octanol–water partition coefficient (Wildman–Crippen LogP) is 4.43. The number of halogens is 1. The summed E-state index contributed by atoms with van der Waals surface area (Å²) in [6.07, 6.45) is 1.55. The minimum Gasteiger partial charge on any atom is -0.459 e. The Kier molecular flexibility index (Phi) is 4.18. The van der Waals surface area contributed by atoms with E-state index in [-0.39, 0.29) is 0 Å². The minimum atomic E-state index is 0.343. The number of benzene rings is 1. The van der Waals surface area contributed by atoms with Gasteiger partial charge in [0.15, 0.2) is 5.76 Å². The van der Waals surface area contributed by atoms with Gasteiger partial charge in [-0.25, -0.2) is 0 Å². The quantitative estimate of drug-likeness (QED) is 0.451. The highest BCUT2D eigenvalue weighted by Crippen LogP contribution is 2.30. The molecule has 3 aromatic heterocycles. The fourth-order valence-corrected chi connectivity index (χ4v) is 3.00. The molecule has 4 rings (SSSR count). The molecule has 0 atom stereocenters. The zero-order valence-corrected chi connectivity index (χ0v) is 14.5. The number of thioether (sulfide) groups is 1. The Labute approximate surface area is 148 Å². The van der Waals surface area contributed by atoms with Gasteiger partial charge in [-0.05, 0) is 40.2 Å². The summed E-state index contributed by atoms with van der Waals surface area (Å²) in [7, 11) is 0. The van der Waals surface area contributed by atoms with Crippen molar-refractivity contribution in [2.24, 2.45) is 0 Å². The number of hydrogen-bond acceptors (Lipinski definition) is 8. The van der Waals surface area contributed by atoms with E-state index in [2.05, 4.69) is 36.3 Å². The summed E-state index contributed by atoms with van der Waals surface area (Å²) in [4.78, 5) is 0. The van der Waals surface area contributed by atoms with Crippen molar-refractivity contribution in [2.75, 3.05) is 0 Å². The van der Waals surface area contributed by atoms with E-state index >= 15 is 0 Å². The zero-order chi connectivity index (χ0) is 16.4. The Balaban J connectivity index is 1.45. The summed E-state index contributed by atoms with van der Waals surface area (Å²) in [5.41, 5.74) is 0.842. The molecule has 0 spiro atoms. The van der Waals surface area contributed by atoms with Crippen LogP contribution >= 0.6 is 27.7 Å². The normalized spacial score (nSPS) is 11.0. The average Bonchev–Trinajstić information content (AvgIpc) is 3.34. The van der Waals surface area contributed by atoms with E-state index in [1.165, 1.54) is 11.8 Å². The van der Waals surface area contributed by atoms with Gasteiger partial charge in [-0.2, -0.15) is 0 Å². The summed E-state index contributed by atoms with van der Waals surface area (Å²) < 4.78 is 17.3. The highest BCUT2D eigenvalue weighted by atomic mass is 79.9. The fourth-order valence-electron chi connectivity index (χ4n) is 1.95. The van der Waals surface area contributed by atoms with Gasteiger partial charge in [0.2, 0.25) is 11.8 Å². The first kappa shape index (κ1) is 15.2. The highest BCUT2D eigenvalue weighted by molar-refractivity contribution is 9.10. The number of rotatable bonds is 5. The monoisotopic (exact) mass is 404 g/mol. The molecule has 0 N–H and O–H groups in total. The Hall–Kier alpha value is -2.39. The van der Waals surface area contributed by atoms with Crippen molar-refractivity contribution in [3.8, 4) is 23.1 Å². The summed E-state index contributed by atoms with van der Waals surface area (Å²) >= 11 is 4.79. The number of hydrogen-bond donors (Lipinski definition) is 0. The van der Waals surface area contributed by atoms with Crippen molar-refractivity contribution in [3.63, 3.8) is 0 Å². The standard InChI is InChI=1S/C15H9BrN4O3S/c16-10-5-2-1-4-9(10)13-18-20-15(23-13)24-8-12-17-19-14(22-12)11-6-3-7-21-11/h1-7H,8H2. The van der Waals surface area contributed by atoms with Crippen LogP contribution in [0.5, 0.6) is 0 Å².